The predicted octanol–water partition coefficient (Wildman–Crippen LogP) is 3.43. The summed E-state index contributed by atoms with van der Waals surface area (Å²) < 4.78 is 0. The predicted molar refractivity (Wildman–Crippen MR) is 110 cm³/mol. The molecule has 4 N–H and O–H groups in total. The van der Waals surface area contributed by atoms with E-state index in [1.165, 1.54) is 0 Å². The van der Waals surface area contributed by atoms with E-state index < -0.39 is 6.04 Å². The molecule has 0 bridgehead atoms. The molecule has 2 aromatic carbocycles. The zero-order valence-corrected chi connectivity index (χ0v) is 16.4. The molecule has 6 heteroatoms. The molecule has 2 amide bonds. The van der Waals surface area contributed by atoms with E-state index in [0.717, 1.165) is 12.0 Å². The average Bonchev–Trinajstić information content (AvgIpc) is 2.67. The molecular formula is C21H26ClN3O2. The zero-order chi connectivity index (χ0) is 19.8. The van der Waals surface area contributed by atoms with Crippen molar-refractivity contribution in [3.05, 3.63) is 64.7 Å². The first-order valence-corrected chi connectivity index (χ1v) is 9.47. The Hall–Kier alpha value is -2.53. The summed E-state index contributed by atoms with van der Waals surface area (Å²) in [6.45, 7) is 4.44. The standard InChI is InChI=1S/C21H26ClN3O2/c1-3-14(2)19(25-20(26)16-6-8-17(22)9-7-16)21(27)24-13-12-15-4-10-18(23)11-5-15/h4-11,14,19H,3,12-13,23H2,1-2H3,(H,24,27)(H,25,26). The van der Waals surface area contributed by atoms with E-state index in [2.05, 4.69) is 10.6 Å². The fourth-order valence-electron chi connectivity index (χ4n) is 2.65. The maximum atomic E-state index is 12.6. The van der Waals surface area contributed by atoms with E-state index in [1.807, 2.05) is 38.1 Å². The third-order valence-corrected chi connectivity index (χ3v) is 4.83. The third-order valence-electron chi connectivity index (χ3n) is 4.58. The Labute approximate surface area is 165 Å². The van der Waals surface area contributed by atoms with Crippen LogP contribution in [0.3, 0.4) is 0 Å². The number of rotatable bonds is 8. The summed E-state index contributed by atoms with van der Waals surface area (Å²) in [4.78, 5) is 25.1. The summed E-state index contributed by atoms with van der Waals surface area (Å²) in [6.07, 6.45) is 1.47. The molecule has 5 nitrogen and oxygen atoms in total. The van der Waals surface area contributed by atoms with E-state index in [9.17, 15) is 9.59 Å². The highest BCUT2D eigenvalue weighted by Gasteiger charge is 2.26. The van der Waals surface area contributed by atoms with Gasteiger partial charge in [-0.15, -0.1) is 0 Å². The number of nitrogen functional groups attached to an aromatic ring is 1. The molecule has 2 rings (SSSR count). The van der Waals surface area contributed by atoms with Crippen molar-refractivity contribution < 1.29 is 9.59 Å². The molecule has 0 saturated heterocycles. The van der Waals surface area contributed by atoms with Crippen LogP contribution in [0.1, 0.15) is 36.2 Å². The number of carbonyl (C=O) groups excluding carboxylic acids is 2. The van der Waals surface area contributed by atoms with Crippen LogP contribution in [-0.2, 0) is 11.2 Å². The molecule has 144 valence electrons. The first-order chi connectivity index (χ1) is 12.9. The Morgan fingerprint density at radius 2 is 1.70 bits per heavy atom. The second kappa shape index (κ2) is 9.97. The Morgan fingerprint density at radius 1 is 1.07 bits per heavy atom. The van der Waals surface area contributed by atoms with Gasteiger partial charge in [-0.05, 0) is 54.3 Å². The quantitative estimate of drug-likeness (QED) is 0.607. The number of amides is 2. The van der Waals surface area contributed by atoms with Crippen LogP contribution in [0.4, 0.5) is 5.69 Å². The summed E-state index contributed by atoms with van der Waals surface area (Å²) in [5, 5.41) is 6.33. The van der Waals surface area contributed by atoms with Crippen LogP contribution in [0.5, 0.6) is 0 Å². The topological polar surface area (TPSA) is 84.2 Å². The van der Waals surface area contributed by atoms with Gasteiger partial charge < -0.3 is 16.4 Å². The Balaban J connectivity index is 1.95. The minimum absolute atomic E-state index is 0.0118. The minimum atomic E-state index is -0.593. The van der Waals surface area contributed by atoms with Crippen molar-refractivity contribution in [2.75, 3.05) is 12.3 Å². The Kier molecular flexibility index (Phi) is 7.67. The molecule has 2 unspecified atom stereocenters. The normalized spacial score (nSPS) is 12.9. The van der Waals surface area contributed by atoms with Crippen LogP contribution in [0.25, 0.3) is 0 Å². The van der Waals surface area contributed by atoms with Crippen molar-refractivity contribution in [2.45, 2.75) is 32.7 Å². The highest BCUT2D eigenvalue weighted by molar-refractivity contribution is 6.30. The lowest BCUT2D eigenvalue weighted by Gasteiger charge is -2.23. The second-order valence-electron chi connectivity index (χ2n) is 6.63. The number of carbonyl (C=O) groups is 2. The van der Waals surface area contributed by atoms with Gasteiger partial charge in [0, 0.05) is 22.8 Å². The lowest BCUT2D eigenvalue weighted by molar-refractivity contribution is -0.124. The number of hydrogen-bond donors (Lipinski definition) is 3. The Morgan fingerprint density at radius 3 is 2.30 bits per heavy atom. The summed E-state index contributed by atoms with van der Waals surface area (Å²) in [5.41, 5.74) is 7.96. The average molecular weight is 388 g/mol. The highest BCUT2D eigenvalue weighted by atomic mass is 35.5. The van der Waals surface area contributed by atoms with E-state index >= 15 is 0 Å². The van der Waals surface area contributed by atoms with Crippen molar-refractivity contribution >= 4 is 29.1 Å². The maximum Gasteiger partial charge on any atom is 0.251 e. The number of nitrogens with two attached hydrogens (primary N) is 1. The monoisotopic (exact) mass is 387 g/mol. The van der Waals surface area contributed by atoms with Gasteiger partial charge >= 0.3 is 0 Å². The van der Waals surface area contributed by atoms with E-state index in [1.54, 1.807) is 24.3 Å². The van der Waals surface area contributed by atoms with Crippen molar-refractivity contribution in [2.24, 2.45) is 5.92 Å². The van der Waals surface area contributed by atoms with Gasteiger partial charge in [0.25, 0.3) is 5.91 Å². The lowest BCUT2D eigenvalue weighted by atomic mass is 9.97. The summed E-state index contributed by atoms with van der Waals surface area (Å²) >= 11 is 5.86. The molecule has 0 heterocycles. The lowest BCUT2D eigenvalue weighted by Crippen LogP contribution is -2.50. The van der Waals surface area contributed by atoms with Crippen molar-refractivity contribution in [1.29, 1.82) is 0 Å². The van der Waals surface area contributed by atoms with E-state index in [0.29, 0.717) is 29.2 Å². The van der Waals surface area contributed by atoms with Crippen molar-refractivity contribution in [3.8, 4) is 0 Å². The summed E-state index contributed by atoms with van der Waals surface area (Å²) in [5.74, 6) is -0.453. The molecule has 0 spiro atoms. The summed E-state index contributed by atoms with van der Waals surface area (Å²) in [7, 11) is 0. The number of benzene rings is 2. The molecular weight excluding hydrogens is 362 g/mol. The van der Waals surface area contributed by atoms with Gasteiger partial charge in [-0.25, -0.2) is 0 Å². The third kappa shape index (κ3) is 6.29. The number of hydrogen-bond acceptors (Lipinski definition) is 3. The van der Waals surface area contributed by atoms with Crippen molar-refractivity contribution in [3.63, 3.8) is 0 Å². The van der Waals surface area contributed by atoms with Crippen LogP contribution in [-0.4, -0.2) is 24.4 Å². The van der Waals surface area contributed by atoms with Gasteiger partial charge in [0.05, 0.1) is 0 Å². The second-order valence-corrected chi connectivity index (χ2v) is 7.06. The number of anilines is 1. The van der Waals surface area contributed by atoms with Crippen LogP contribution in [0, 0.1) is 5.92 Å². The molecule has 0 aliphatic heterocycles. The molecule has 0 radical (unpaired) electrons. The first kappa shape index (κ1) is 20.8. The van der Waals surface area contributed by atoms with Gasteiger partial charge in [-0.2, -0.15) is 0 Å². The smallest absolute Gasteiger partial charge is 0.251 e. The van der Waals surface area contributed by atoms with Gasteiger partial charge in [-0.3, -0.25) is 9.59 Å². The van der Waals surface area contributed by atoms with Gasteiger partial charge in [0.15, 0.2) is 0 Å². The molecule has 0 aliphatic carbocycles. The largest absolute Gasteiger partial charge is 0.399 e. The van der Waals surface area contributed by atoms with Crippen LogP contribution in [0.15, 0.2) is 48.5 Å². The molecule has 0 aliphatic rings. The first-order valence-electron chi connectivity index (χ1n) is 9.09. The molecule has 2 atom stereocenters. The maximum absolute atomic E-state index is 12.6. The minimum Gasteiger partial charge on any atom is -0.399 e. The fraction of sp³-hybridized carbons (Fsp3) is 0.333. The molecule has 0 aromatic heterocycles. The molecule has 0 saturated carbocycles. The van der Waals surface area contributed by atoms with E-state index in [-0.39, 0.29) is 17.7 Å². The van der Waals surface area contributed by atoms with Gasteiger partial charge in [-0.1, -0.05) is 44.0 Å². The number of nitrogens with one attached hydrogen (secondary N) is 2. The van der Waals surface area contributed by atoms with Crippen LogP contribution >= 0.6 is 11.6 Å². The Bertz CT molecular complexity index is 760. The molecule has 27 heavy (non-hydrogen) atoms. The number of halogens is 1. The molecule has 2 aromatic rings. The summed E-state index contributed by atoms with van der Waals surface area (Å²) in [6, 6.07) is 13.6. The fourth-order valence-corrected chi connectivity index (χ4v) is 2.78. The zero-order valence-electron chi connectivity index (χ0n) is 15.7. The van der Waals surface area contributed by atoms with Crippen LogP contribution < -0.4 is 16.4 Å². The van der Waals surface area contributed by atoms with Gasteiger partial charge in [0.2, 0.25) is 5.91 Å². The van der Waals surface area contributed by atoms with Crippen LogP contribution in [0.2, 0.25) is 5.02 Å². The van der Waals surface area contributed by atoms with E-state index in [4.69, 9.17) is 17.3 Å². The van der Waals surface area contributed by atoms with Gasteiger partial charge in [0.1, 0.15) is 6.04 Å². The highest BCUT2D eigenvalue weighted by Crippen LogP contribution is 2.12. The SMILES string of the molecule is CCC(C)C(NC(=O)c1ccc(Cl)cc1)C(=O)NCCc1ccc(N)cc1. The molecule has 0 fully saturated rings. The van der Waals surface area contributed by atoms with Crippen molar-refractivity contribution in [1.82, 2.24) is 10.6 Å².